The van der Waals surface area contributed by atoms with Gasteiger partial charge in [0.2, 0.25) is 0 Å². The van der Waals surface area contributed by atoms with Gasteiger partial charge < -0.3 is 65.6 Å². The molecular weight excluding hydrogens is 1130 g/mol. The molecule has 1 rings (SSSR count). The van der Waals surface area contributed by atoms with Crippen LogP contribution < -0.4 is 0 Å². The van der Waals surface area contributed by atoms with Gasteiger partial charge in [-0.05, 0) is 193 Å². The first-order valence-electron chi connectivity index (χ1n) is 32.6. The molecular formula is C74H128O15. The first kappa shape index (κ1) is 88.8. The van der Waals surface area contributed by atoms with Crippen molar-refractivity contribution in [2.75, 3.05) is 0 Å². The Kier molecular flexibility index (Phi) is 52.1. The second-order valence-electron chi connectivity index (χ2n) is 25.5. The number of cyclic esters (lactones) is 1. The summed E-state index contributed by atoms with van der Waals surface area (Å²) in [5, 5.41) is 104. The molecule has 1 aliphatic rings. The molecule has 11 N–H and O–H groups in total. The van der Waals surface area contributed by atoms with Crippen molar-refractivity contribution in [3.63, 3.8) is 0 Å². The molecule has 1 aliphatic heterocycles. The maximum atomic E-state index is 12.9. The van der Waals surface area contributed by atoms with Crippen LogP contribution in [-0.4, -0.2) is 147 Å². The van der Waals surface area contributed by atoms with Crippen LogP contribution in [0.3, 0.4) is 0 Å². The number of hydrogen-bond acceptors (Lipinski definition) is 15. The van der Waals surface area contributed by atoms with Gasteiger partial charge in [0.1, 0.15) is 12.2 Å². The van der Waals surface area contributed by atoms with E-state index in [1.165, 1.54) is 11.6 Å². The molecule has 0 aromatic carbocycles. The van der Waals surface area contributed by atoms with Crippen LogP contribution in [0.2, 0.25) is 0 Å². The van der Waals surface area contributed by atoms with E-state index in [0.717, 1.165) is 51.9 Å². The highest BCUT2D eigenvalue weighted by molar-refractivity contribution is 5.82. The van der Waals surface area contributed by atoms with Gasteiger partial charge in [0, 0.05) is 31.3 Å². The third kappa shape index (κ3) is 52.9. The fourth-order valence-electron chi connectivity index (χ4n) is 9.75. The van der Waals surface area contributed by atoms with Gasteiger partial charge in [0.05, 0.1) is 67.1 Å². The van der Waals surface area contributed by atoms with Crippen LogP contribution in [0.1, 0.15) is 228 Å². The molecule has 514 valence electrons. The van der Waals surface area contributed by atoms with Gasteiger partial charge in [-0.1, -0.05) is 151 Å². The minimum atomic E-state index is -0.916. The van der Waals surface area contributed by atoms with Crippen molar-refractivity contribution in [3.05, 3.63) is 130 Å². The van der Waals surface area contributed by atoms with E-state index in [1.54, 1.807) is 39.8 Å². The number of aliphatic hydroxyl groups excluding tert-OH is 11. The number of carbonyl (C=O) groups is 2. The largest absolute Gasteiger partial charge is 0.462 e. The van der Waals surface area contributed by atoms with Crippen LogP contribution in [0.25, 0.3) is 0 Å². The Morgan fingerprint density at radius 3 is 1.62 bits per heavy atom. The zero-order chi connectivity index (χ0) is 68.9. The van der Waals surface area contributed by atoms with Crippen molar-refractivity contribution in [2.45, 2.75) is 307 Å². The standard InChI is InChI=1S/C43H70O8.C11H20O3.C11H20O2.C9H18O2/c1-11-37(45)27-38(46)18-15-28(2)21-31(5)22-29(3)17-20-43(49)50-40-13-12-14-42(48)51-41(19-16-30(4)23-34(40)8)35(9)25-32(6)24-33(7)39(47)26-36(10)44;1-4-5-8(2)6-10(13)11(14)7-9(3)12;1-4-5-9(2)6-7-11(13)8-10(3)12;1-7(2)4-5-9(11)6-8(3)10/h15-17,20-22,24,33-41,44-47H,11-14,18-19,23,25-27H2,1-10H3;4-6,9-14H,7H2,1-3H3;4-6,10-13H,7-8H2,1-3H3;4,8-11H,5-6H2,1-3H3/b20-17+,28-15+,29-22?,30-16+,31-21?,32-24+;5-4+,8-6+;5-4+,9-6+;/t33-,34+,35+,36-,37+,38-,39-,40+,41-;9-,10-,11-;10-,11+;/m100./s1. The van der Waals surface area contributed by atoms with Crippen LogP contribution in [0.4, 0.5) is 0 Å². The number of ether oxygens (including phenoxy) is 2. The number of carbonyl (C=O) groups excluding carboxylic acids is 2. The zero-order valence-electron chi connectivity index (χ0n) is 58.5. The smallest absolute Gasteiger partial charge is 0.331 e. The molecule has 0 spiro atoms. The summed E-state index contributed by atoms with van der Waals surface area (Å²) in [5.41, 5.74) is 8.43. The van der Waals surface area contributed by atoms with Gasteiger partial charge >= 0.3 is 11.9 Å². The molecule has 2 unspecified atom stereocenters. The molecule has 0 aromatic heterocycles. The number of esters is 2. The predicted molar refractivity (Wildman–Crippen MR) is 365 cm³/mol. The summed E-state index contributed by atoms with van der Waals surface area (Å²) in [6, 6.07) is 0. The van der Waals surface area contributed by atoms with Crippen molar-refractivity contribution in [1.82, 2.24) is 0 Å². The molecule has 0 aromatic rings. The lowest BCUT2D eigenvalue weighted by molar-refractivity contribution is -0.152. The number of allylic oxidation sites excluding steroid dienone is 15. The lowest BCUT2D eigenvalue weighted by Gasteiger charge is -2.27. The molecule has 0 radical (unpaired) electrons. The summed E-state index contributed by atoms with van der Waals surface area (Å²) in [6.07, 6.45) is 27.2. The van der Waals surface area contributed by atoms with Crippen LogP contribution in [0, 0.1) is 17.8 Å². The minimum absolute atomic E-state index is 0.0741. The summed E-state index contributed by atoms with van der Waals surface area (Å²) in [5.74, 6) is -0.597. The summed E-state index contributed by atoms with van der Waals surface area (Å²) in [7, 11) is 0. The van der Waals surface area contributed by atoms with E-state index in [0.29, 0.717) is 70.6 Å². The number of rotatable bonds is 31. The Morgan fingerprint density at radius 1 is 0.607 bits per heavy atom. The first-order valence-corrected chi connectivity index (χ1v) is 32.6. The predicted octanol–water partition coefficient (Wildman–Crippen LogP) is 12.9. The third-order valence-corrected chi connectivity index (χ3v) is 14.5. The van der Waals surface area contributed by atoms with Crippen LogP contribution in [0.15, 0.2) is 130 Å². The van der Waals surface area contributed by atoms with Crippen LogP contribution in [0.5, 0.6) is 0 Å². The van der Waals surface area contributed by atoms with Crippen molar-refractivity contribution in [2.24, 2.45) is 17.8 Å². The maximum Gasteiger partial charge on any atom is 0.331 e. The van der Waals surface area contributed by atoms with Gasteiger partial charge in [-0.3, -0.25) is 4.79 Å². The lowest BCUT2D eigenvalue weighted by Crippen LogP contribution is -2.28. The van der Waals surface area contributed by atoms with E-state index in [1.807, 2.05) is 144 Å². The van der Waals surface area contributed by atoms with Crippen molar-refractivity contribution >= 4 is 11.9 Å². The van der Waals surface area contributed by atoms with Crippen LogP contribution in [-0.2, 0) is 19.1 Å². The molecule has 89 heavy (non-hydrogen) atoms. The zero-order valence-corrected chi connectivity index (χ0v) is 58.5. The van der Waals surface area contributed by atoms with Gasteiger partial charge in [-0.2, -0.15) is 0 Å². The molecule has 0 amide bonds. The highest BCUT2D eigenvalue weighted by Gasteiger charge is 2.26. The molecule has 0 bridgehead atoms. The van der Waals surface area contributed by atoms with E-state index in [4.69, 9.17) is 24.8 Å². The molecule has 15 heteroatoms. The molecule has 0 fully saturated rings. The van der Waals surface area contributed by atoms with Crippen molar-refractivity contribution in [3.8, 4) is 0 Å². The second kappa shape index (κ2) is 52.2. The molecule has 0 saturated carbocycles. The SMILES string of the molecule is C/C=C/C(C)=C/C[C@@H](O)C[C@H](C)O.C/C=C/C(C)=C/[C@H](O)[C@@H](O)C[C@H](C)O.CC(C)=CCC(O)CC(C)O.CC[C@H](O)C[C@H](O)C/C=C(\C)C=C(C)C=C(C)/C=C/C(=O)O[C@H]1CCCC(=O)O[C@@H]([C@@H](C)C/C(C)=C/[C@@H](C)[C@H](O)C[C@@H](C)O)C/C=C(\C)C[C@@H]1C. The van der Waals surface area contributed by atoms with Crippen LogP contribution >= 0.6 is 0 Å². The van der Waals surface area contributed by atoms with E-state index in [9.17, 15) is 50.4 Å². The summed E-state index contributed by atoms with van der Waals surface area (Å²) in [4.78, 5) is 25.9. The Hall–Kier alpha value is -4.36. The van der Waals surface area contributed by atoms with E-state index >= 15 is 0 Å². The fourth-order valence-corrected chi connectivity index (χ4v) is 9.75. The first-order chi connectivity index (χ1) is 41.4. The fraction of sp³-hybridized carbons (Fsp3) is 0.676. The maximum absolute atomic E-state index is 12.9. The second-order valence-corrected chi connectivity index (χ2v) is 25.5. The molecule has 15 nitrogen and oxygen atoms in total. The van der Waals surface area contributed by atoms with E-state index < -0.39 is 73.1 Å². The molecule has 1 heterocycles. The Morgan fingerprint density at radius 2 is 1.10 bits per heavy atom. The lowest BCUT2D eigenvalue weighted by atomic mass is 9.89. The number of aliphatic hydroxyl groups is 11. The topological polar surface area (TPSA) is 275 Å². The van der Waals surface area contributed by atoms with E-state index in [-0.39, 0.29) is 48.8 Å². The quantitative estimate of drug-likeness (QED) is 0.0133. The molecule has 16 atom stereocenters. The summed E-state index contributed by atoms with van der Waals surface area (Å²) >= 11 is 0. The normalized spacial score (nSPS) is 22.2. The van der Waals surface area contributed by atoms with Gasteiger partial charge in [0.25, 0.3) is 0 Å². The molecule has 0 saturated heterocycles. The highest BCUT2D eigenvalue weighted by Crippen LogP contribution is 2.28. The van der Waals surface area contributed by atoms with Gasteiger partial charge in [0.15, 0.2) is 0 Å². The Labute approximate surface area is 539 Å². The average Bonchev–Trinajstić information content (AvgIpc) is 3.59. The van der Waals surface area contributed by atoms with Crippen molar-refractivity contribution in [1.29, 1.82) is 0 Å². The van der Waals surface area contributed by atoms with Crippen molar-refractivity contribution < 1.29 is 75.2 Å². The molecule has 0 aliphatic carbocycles. The highest BCUT2D eigenvalue weighted by atomic mass is 16.5. The Bertz CT molecular complexity index is 2250. The number of hydrogen-bond donors (Lipinski definition) is 11. The van der Waals surface area contributed by atoms with Gasteiger partial charge in [-0.25, -0.2) is 4.79 Å². The summed E-state index contributed by atoms with van der Waals surface area (Å²) < 4.78 is 11.9. The minimum Gasteiger partial charge on any atom is -0.462 e. The Balaban J connectivity index is -0.00000155. The summed E-state index contributed by atoms with van der Waals surface area (Å²) in [6.45, 7) is 36.3. The monoisotopic (exact) mass is 1260 g/mol. The average molecular weight is 1260 g/mol. The third-order valence-electron chi connectivity index (χ3n) is 14.5. The van der Waals surface area contributed by atoms with Gasteiger partial charge in [-0.15, -0.1) is 0 Å². The van der Waals surface area contributed by atoms with E-state index in [2.05, 4.69) is 26.8 Å².